The third kappa shape index (κ3) is 4.49. The predicted octanol–water partition coefficient (Wildman–Crippen LogP) is 6.10. The zero-order valence-corrected chi connectivity index (χ0v) is 14.5. The van der Waals surface area contributed by atoms with E-state index in [4.69, 9.17) is 33.7 Å². The first-order valence-corrected chi connectivity index (χ1v) is 7.97. The third-order valence-electron chi connectivity index (χ3n) is 3.70. The van der Waals surface area contributed by atoms with Crippen molar-refractivity contribution in [2.75, 3.05) is 0 Å². The molecule has 1 aromatic carbocycles. The van der Waals surface area contributed by atoms with Gasteiger partial charge >= 0.3 is 0 Å². The van der Waals surface area contributed by atoms with E-state index in [9.17, 15) is 0 Å². The Hall–Kier alpha value is -2.00. The summed E-state index contributed by atoms with van der Waals surface area (Å²) in [5.74, 6) is 0. The molecule has 0 fully saturated rings. The largest absolute Gasteiger partial charge is 0.192 e. The number of allylic oxidation sites excluding steroid dienone is 5. The van der Waals surface area contributed by atoms with E-state index in [1.807, 2.05) is 36.4 Å². The second kappa shape index (κ2) is 7.05. The SMILES string of the molecule is CC1(C)CC(/C=C/c2ccc(Cl)cc2Cl)=CC(=C(C#N)C#N)C1. The van der Waals surface area contributed by atoms with E-state index in [0.717, 1.165) is 29.6 Å². The number of nitrogens with zero attached hydrogens (tertiary/aromatic N) is 2. The summed E-state index contributed by atoms with van der Waals surface area (Å²) < 4.78 is 0. The van der Waals surface area contributed by atoms with Crippen molar-refractivity contribution in [3.8, 4) is 12.1 Å². The summed E-state index contributed by atoms with van der Waals surface area (Å²) >= 11 is 12.1. The number of hydrogen-bond acceptors (Lipinski definition) is 2. The van der Waals surface area contributed by atoms with Gasteiger partial charge < -0.3 is 0 Å². The Bertz CT molecular complexity index is 784. The van der Waals surface area contributed by atoms with Crippen LogP contribution < -0.4 is 0 Å². The second-order valence-electron chi connectivity index (χ2n) is 6.36. The van der Waals surface area contributed by atoms with Crippen molar-refractivity contribution in [1.29, 1.82) is 10.5 Å². The van der Waals surface area contributed by atoms with E-state index in [0.29, 0.717) is 10.0 Å². The molecule has 2 nitrogen and oxygen atoms in total. The van der Waals surface area contributed by atoms with Gasteiger partial charge in [-0.25, -0.2) is 0 Å². The Labute approximate surface area is 146 Å². The van der Waals surface area contributed by atoms with Crippen LogP contribution >= 0.6 is 23.2 Å². The standard InChI is InChI=1S/C19H16Cl2N2/c1-19(2)9-13(7-15(10-19)16(11-22)12-23)3-4-14-5-6-17(20)8-18(14)21/h3-8H,9-10H2,1-2H3/b4-3+. The quantitative estimate of drug-likeness (QED) is 0.609. The van der Waals surface area contributed by atoms with Crippen LogP contribution in [0.5, 0.6) is 0 Å². The molecular formula is C19H16Cl2N2. The highest BCUT2D eigenvalue weighted by molar-refractivity contribution is 6.35. The molecule has 4 heteroatoms. The van der Waals surface area contributed by atoms with Gasteiger partial charge in [-0.05, 0) is 47.1 Å². The first-order chi connectivity index (χ1) is 10.8. The van der Waals surface area contributed by atoms with Gasteiger partial charge in [0.2, 0.25) is 0 Å². The fourth-order valence-electron chi connectivity index (χ4n) is 2.73. The van der Waals surface area contributed by atoms with E-state index in [1.54, 1.807) is 12.1 Å². The number of benzene rings is 1. The molecule has 0 atom stereocenters. The summed E-state index contributed by atoms with van der Waals surface area (Å²) in [7, 11) is 0. The Morgan fingerprint density at radius 3 is 2.43 bits per heavy atom. The molecule has 116 valence electrons. The molecule has 1 aliphatic carbocycles. The highest BCUT2D eigenvalue weighted by atomic mass is 35.5. The average molecular weight is 343 g/mol. The lowest BCUT2D eigenvalue weighted by atomic mass is 9.74. The monoisotopic (exact) mass is 342 g/mol. The van der Waals surface area contributed by atoms with E-state index in [2.05, 4.69) is 13.8 Å². The average Bonchev–Trinajstić information content (AvgIpc) is 2.46. The molecule has 0 unspecified atom stereocenters. The molecule has 1 aliphatic rings. The Kier molecular flexibility index (Phi) is 5.32. The lowest BCUT2D eigenvalue weighted by Crippen LogP contribution is -2.17. The van der Waals surface area contributed by atoms with Gasteiger partial charge in [-0.3, -0.25) is 0 Å². The minimum Gasteiger partial charge on any atom is -0.192 e. The van der Waals surface area contributed by atoms with Gasteiger partial charge in [-0.1, -0.05) is 61.3 Å². The zero-order valence-electron chi connectivity index (χ0n) is 13.0. The molecule has 0 N–H and O–H groups in total. The van der Waals surface area contributed by atoms with Crippen molar-refractivity contribution < 1.29 is 0 Å². The van der Waals surface area contributed by atoms with Crippen LogP contribution in [0.15, 0.2) is 47.1 Å². The van der Waals surface area contributed by atoms with Gasteiger partial charge in [0.15, 0.2) is 0 Å². The maximum Gasteiger partial charge on any atom is 0.132 e. The number of nitriles is 2. The smallest absolute Gasteiger partial charge is 0.132 e. The maximum absolute atomic E-state index is 9.10. The molecule has 0 amide bonds. The van der Waals surface area contributed by atoms with Crippen molar-refractivity contribution in [3.05, 3.63) is 62.7 Å². The van der Waals surface area contributed by atoms with Crippen LogP contribution in [0.4, 0.5) is 0 Å². The van der Waals surface area contributed by atoms with Crippen molar-refractivity contribution >= 4 is 29.3 Å². The van der Waals surface area contributed by atoms with Crippen LogP contribution in [0.3, 0.4) is 0 Å². The van der Waals surface area contributed by atoms with Gasteiger partial charge in [-0.15, -0.1) is 0 Å². The minimum atomic E-state index is 0.00645. The number of halogens is 2. The summed E-state index contributed by atoms with van der Waals surface area (Å²) in [6, 6.07) is 9.33. The molecule has 2 rings (SSSR count). The maximum atomic E-state index is 9.10. The molecule has 0 saturated heterocycles. The van der Waals surface area contributed by atoms with Gasteiger partial charge in [0, 0.05) is 10.0 Å². The molecular weight excluding hydrogens is 327 g/mol. The lowest BCUT2D eigenvalue weighted by molar-refractivity contribution is 0.354. The topological polar surface area (TPSA) is 47.6 Å². The summed E-state index contributed by atoms with van der Waals surface area (Å²) in [5.41, 5.74) is 2.95. The number of rotatable bonds is 2. The van der Waals surface area contributed by atoms with Crippen molar-refractivity contribution in [1.82, 2.24) is 0 Å². The Morgan fingerprint density at radius 1 is 1.13 bits per heavy atom. The van der Waals surface area contributed by atoms with Crippen LogP contribution in [0.2, 0.25) is 10.0 Å². The molecule has 0 aromatic heterocycles. The van der Waals surface area contributed by atoms with Gasteiger partial charge in [0.25, 0.3) is 0 Å². The Balaban J connectivity index is 2.38. The highest BCUT2D eigenvalue weighted by Crippen LogP contribution is 2.39. The molecule has 0 aliphatic heterocycles. The van der Waals surface area contributed by atoms with Crippen LogP contribution in [0, 0.1) is 28.1 Å². The lowest BCUT2D eigenvalue weighted by Gasteiger charge is -2.30. The van der Waals surface area contributed by atoms with Crippen LogP contribution in [-0.4, -0.2) is 0 Å². The summed E-state index contributed by atoms with van der Waals surface area (Å²) in [4.78, 5) is 0. The Morgan fingerprint density at radius 2 is 1.83 bits per heavy atom. The van der Waals surface area contributed by atoms with Crippen molar-refractivity contribution in [2.24, 2.45) is 5.41 Å². The zero-order chi connectivity index (χ0) is 17.0. The summed E-state index contributed by atoms with van der Waals surface area (Å²) in [6.07, 6.45) is 7.46. The fourth-order valence-corrected chi connectivity index (χ4v) is 3.20. The third-order valence-corrected chi connectivity index (χ3v) is 4.26. The molecule has 0 spiro atoms. The van der Waals surface area contributed by atoms with Gasteiger partial charge in [-0.2, -0.15) is 10.5 Å². The predicted molar refractivity (Wildman–Crippen MR) is 94.8 cm³/mol. The van der Waals surface area contributed by atoms with E-state index in [1.165, 1.54) is 0 Å². The molecule has 0 bridgehead atoms. The second-order valence-corrected chi connectivity index (χ2v) is 7.20. The summed E-state index contributed by atoms with van der Waals surface area (Å²) in [6.45, 7) is 4.27. The molecule has 1 aromatic rings. The highest BCUT2D eigenvalue weighted by Gasteiger charge is 2.26. The van der Waals surface area contributed by atoms with Gasteiger partial charge in [0.1, 0.15) is 17.7 Å². The molecule has 23 heavy (non-hydrogen) atoms. The summed E-state index contributed by atoms with van der Waals surface area (Å²) in [5, 5.41) is 19.4. The fraction of sp³-hybridized carbons (Fsp3) is 0.263. The van der Waals surface area contributed by atoms with Crippen LogP contribution in [-0.2, 0) is 0 Å². The minimum absolute atomic E-state index is 0.00645. The normalized spacial score (nSPS) is 16.6. The van der Waals surface area contributed by atoms with Gasteiger partial charge in [0.05, 0.1) is 0 Å². The first kappa shape index (κ1) is 17.4. The molecule has 0 heterocycles. The molecule has 0 saturated carbocycles. The van der Waals surface area contributed by atoms with E-state index < -0.39 is 0 Å². The molecule has 0 radical (unpaired) electrons. The first-order valence-electron chi connectivity index (χ1n) is 7.22. The van der Waals surface area contributed by atoms with Crippen LogP contribution in [0.25, 0.3) is 6.08 Å². The van der Waals surface area contributed by atoms with Crippen LogP contribution in [0.1, 0.15) is 32.3 Å². The van der Waals surface area contributed by atoms with E-state index >= 15 is 0 Å². The van der Waals surface area contributed by atoms with Crippen molar-refractivity contribution in [2.45, 2.75) is 26.7 Å². The number of hydrogen-bond donors (Lipinski definition) is 0. The van der Waals surface area contributed by atoms with Crippen molar-refractivity contribution in [3.63, 3.8) is 0 Å². The van der Waals surface area contributed by atoms with E-state index in [-0.39, 0.29) is 11.0 Å².